The van der Waals surface area contributed by atoms with Crippen LogP contribution in [-0.2, 0) is 12.1 Å². The summed E-state index contributed by atoms with van der Waals surface area (Å²) in [6.45, 7) is 10.5. The number of nitrogens with one attached hydrogen (secondary N) is 2. The molecule has 3 aliphatic heterocycles. The van der Waals surface area contributed by atoms with Crippen LogP contribution in [0.25, 0.3) is 0 Å². The molecule has 2 aromatic rings. The number of hydrogen-bond acceptors (Lipinski definition) is 4. The van der Waals surface area contributed by atoms with Crippen molar-refractivity contribution < 1.29 is 9.59 Å². The average Bonchev–Trinajstić information content (AvgIpc) is 3.42. The highest BCUT2D eigenvalue weighted by atomic mass is 35.5. The fourth-order valence-corrected chi connectivity index (χ4v) is 5.32. The van der Waals surface area contributed by atoms with Gasteiger partial charge < -0.3 is 15.1 Å². The van der Waals surface area contributed by atoms with Crippen LogP contribution in [0.1, 0.15) is 62.2 Å². The lowest BCUT2D eigenvalue weighted by atomic mass is 9.98. The number of anilines is 1. The van der Waals surface area contributed by atoms with Crippen molar-refractivity contribution in [1.29, 1.82) is 0 Å². The minimum atomic E-state index is -0.597. The van der Waals surface area contributed by atoms with Crippen molar-refractivity contribution in [3.8, 4) is 0 Å². The maximum atomic E-state index is 13.8. The van der Waals surface area contributed by atoms with Crippen LogP contribution in [-0.4, -0.2) is 55.5 Å². The zero-order chi connectivity index (χ0) is 23.5. The second-order valence-corrected chi connectivity index (χ2v) is 10.6. The van der Waals surface area contributed by atoms with Crippen LogP contribution in [0, 0.1) is 0 Å². The van der Waals surface area contributed by atoms with E-state index in [2.05, 4.69) is 34.3 Å². The molecule has 1 fully saturated rings. The van der Waals surface area contributed by atoms with Crippen molar-refractivity contribution in [1.82, 2.24) is 24.9 Å². The Balaban J connectivity index is 1.40. The van der Waals surface area contributed by atoms with Crippen LogP contribution in [0.5, 0.6) is 0 Å². The van der Waals surface area contributed by atoms with E-state index in [9.17, 15) is 9.59 Å². The van der Waals surface area contributed by atoms with E-state index in [1.54, 1.807) is 24.3 Å². The molecule has 1 saturated heterocycles. The molecular formula is C24H29ClN6O2. The molecule has 0 spiro atoms. The Morgan fingerprint density at radius 3 is 2.76 bits per heavy atom. The fraction of sp³-hybridized carbons (Fsp3) is 0.458. The number of halogens is 1. The first kappa shape index (κ1) is 21.8. The zero-order valence-electron chi connectivity index (χ0n) is 19.4. The Labute approximate surface area is 198 Å². The van der Waals surface area contributed by atoms with Crippen LogP contribution in [0.15, 0.2) is 36.2 Å². The zero-order valence-corrected chi connectivity index (χ0v) is 20.2. The number of allylic oxidation sites excluding steroid dienone is 1. The van der Waals surface area contributed by atoms with Crippen LogP contribution in [0.3, 0.4) is 0 Å². The highest BCUT2D eigenvalue weighted by molar-refractivity contribution is 6.31. The van der Waals surface area contributed by atoms with Gasteiger partial charge in [0.15, 0.2) is 5.82 Å². The first-order chi connectivity index (χ1) is 15.6. The van der Waals surface area contributed by atoms with E-state index in [4.69, 9.17) is 11.6 Å². The summed E-state index contributed by atoms with van der Waals surface area (Å²) in [5.41, 5.74) is 2.43. The molecule has 0 atom stereocenters. The number of aromatic nitrogens is 2. The van der Waals surface area contributed by atoms with Gasteiger partial charge in [-0.25, -0.2) is 4.79 Å². The predicted octanol–water partition coefficient (Wildman–Crippen LogP) is 4.52. The van der Waals surface area contributed by atoms with Crippen molar-refractivity contribution in [3.05, 3.63) is 58.0 Å². The van der Waals surface area contributed by atoms with Gasteiger partial charge in [-0.1, -0.05) is 17.7 Å². The highest BCUT2D eigenvalue weighted by Gasteiger charge is 2.48. The van der Waals surface area contributed by atoms with Gasteiger partial charge in [0.05, 0.1) is 23.3 Å². The number of fused-ring (bicyclic) bond motifs is 2. The molecule has 8 nitrogen and oxygen atoms in total. The molecule has 3 amide bonds. The summed E-state index contributed by atoms with van der Waals surface area (Å²) in [4.78, 5) is 32.7. The molecule has 9 heteroatoms. The van der Waals surface area contributed by atoms with Crippen molar-refractivity contribution in [2.24, 2.45) is 0 Å². The van der Waals surface area contributed by atoms with E-state index in [1.165, 1.54) is 5.70 Å². The molecule has 0 saturated carbocycles. The minimum absolute atomic E-state index is 0.0410. The van der Waals surface area contributed by atoms with Crippen molar-refractivity contribution in [3.63, 3.8) is 0 Å². The van der Waals surface area contributed by atoms with E-state index >= 15 is 0 Å². The van der Waals surface area contributed by atoms with Gasteiger partial charge in [-0.05, 0) is 58.7 Å². The Morgan fingerprint density at radius 1 is 1.21 bits per heavy atom. The second kappa shape index (κ2) is 7.52. The standard InChI is InChI=1S/C24H29ClN6O2/c1-23(2)14-29-10-6-9-17(29)12-30(23)22(33)31-13-18-19(24(31,3)4)27-28-20(18)26-21(32)15-7-5-8-16(25)11-15/h5,7-8,11-12H,6,9-10,13-14H2,1-4H3,(H2,26,27,28,32). The van der Waals surface area contributed by atoms with Crippen molar-refractivity contribution >= 4 is 29.4 Å². The summed E-state index contributed by atoms with van der Waals surface area (Å²) >= 11 is 6.03. The average molecular weight is 469 g/mol. The number of carbonyl (C=O) groups is 2. The number of hydrogen-bond donors (Lipinski definition) is 2. The topological polar surface area (TPSA) is 84.6 Å². The molecule has 0 bridgehead atoms. The van der Waals surface area contributed by atoms with E-state index in [-0.39, 0.29) is 17.5 Å². The van der Waals surface area contributed by atoms with E-state index in [1.807, 2.05) is 29.8 Å². The summed E-state index contributed by atoms with van der Waals surface area (Å²) in [6.07, 6.45) is 4.17. The molecule has 2 N–H and O–H groups in total. The summed E-state index contributed by atoms with van der Waals surface area (Å²) in [7, 11) is 0. The molecule has 0 unspecified atom stereocenters. The molecule has 174 valence electrons. The highest BCUT2D eigenvalue weighted by Crippen LogP contribution is 2.43. The number of rotatable bonds is 2. The van der Waals surface area contributed by atoms with Gasteiger partial charge in [0.2, 0.25) is 0 Å². The van der Waals surface area contributed by atoms with Crippen LogP contribution < -0.4 is 5.32 Å². The molecule has 0 aliphatic carbocycles. The minimum Gasteiger partial charge on any atom is -0.371 e. The first-order valence-electron chi connectivity index (χ1n) is 11.3. The number of nitrogens with zero attached hydrogens (tertiary/aromatic N) is 4. The summed E-state index contributed by atoms with van der Waals surface area (Å²) in [5, 5.41) is 10.8. The smallest absolute Gasteiger partial charge is 0.325 e. The van der Waals surface area contributed by atoms with E-state index < -0.39 is 5.54 Å². The largest absolute Gasteiger partial charge is 0.371 e. The summed E-state index contributed by atoms with van der Waals surface area (Å²) in [5.74, 6) is 0.147. The summed E-state index contributed by atoms with van der Waals surface area (Å²) < 4.78 is 0. The van der Waals surface area contributed by atoms with Crippen LogP contribution >= 0.6 is 11.6 Å². The third-order valence-corrected chi connectivity index (χ3v) is 7.24. The molecule has 1 aromatic heterocycles. The normalized spacial score (nSPS) is 20.4. The van der Waals surface area contributed by atoms with Gasteiger partial charge in [-0.15, -0.1) is 0 Å². The fourth-order valence-electron chi connectivity index (χ4n) is 5.13. The second-order valence-electron chi connectivity index (χ2n) is 10.1. The number of amides is 3. The maximum absolute atomic E-state index is 13.8. The van der Waals surface area contributed by atoms with E-state index in [0.29, 0.717) is 22.9 Å². The Hall–Kier alpha value is -3.00. The number of aromatic amines is 1. The molecule has 33 heavy (non-hydrogen) atoms. The quantitative estimate of drug-likeness (QED) is 0.678. The Kier molecular flexibility index (Phi) is 4.97. The van der Waals surface area contributed by atoms with Gasteiger partial charge in [0.1, 0.15) is 0 Å². The Morgan fingerprint density at radius 2 is 2.00 bits per heavy atom. The van der Waals surface area contributed by atoms with Gasteiger partial charge >= 0.3 is 6.03 Å². The van der Waals surface area contributed by atoms with Crippen molar-refractivity contribution in [2.75, 3.05) is 18.4 Å². The molecule has 3 aliphatic rings. The Bertz CT molecular complexity index is 1170. The monoisotopic (exact) mass is 468 g/mol. The first-order valence-corrected chi connectivity index (χ1v) is 11.7. The molecule has 5 rings (SSSR count). The lowest BCUT2D eigenvalue weighted by Crippen LogP contribution is -2.59. The molecule has 4 heterocycles. The van der Waals surface area contributed by atoms with Gasteiger partial charge in [-0.3, -0.25) is 14.8 Å². The van der Waals surface area contributed by atoms with Crippen molar-refractivity contribution in [2.45, 2.75) is 58.2 Å². The van der Waals surface area contributed by atoms with Gasteiger partial charge in [0.25, 0.3) is 5.91 Å². The number of benzene rings is 1. The molecular weight excluding hydrogens is 440 g/mol. The molecule has 0 radical (unpaired) electrons. The third kappa shape index (κ3) is 3.57. The predicted molar refractivity (Wildman–Crippen MR) is 127 cm³/mol. The van der Waals surface area contributed by atoms with Crippen LogP contribution in [0.4, 0.5) is 10.6 Å². The number of carbonyl (C=O) groups excluding carboxylic acids is 2. The van der Waals surface area contributed by atoms with Crippen LogP contribution in [0.2, 0.25) is 5.02 Å². The van der Waals surface area contributed by atoms with Gasteiger partial charge in [0, 0.05) is 41.1 Å². The maximum Gasteiger partial charge on any atom is 0.325 e. The third-order valence-electron chi connectivity index (χ3n) is 7.00. The SMILES string of the molecule is CC1(C)CN2CCCC2=CN1C(=O)N1Cc2c(NC(=O)c3cccc(Cl)c3)n[nH]c2C1(C)C. The lowest BCUT2D eigenvalue weighted by molar-refractivity contribution is 0.0725. The summed E-state index contributed by atoms with van der Waals surface area (Å²) in [6, 6.07) is 6.73. The number of urea groups is 1. The van der Waals surface area contributed by atoms with E-state index in [0.717, 1.165) is 37.2 Å². The molecule has 1 aromatic carbocycles. The lowest BCUT2D eigenvalue weighted by Gasteiger charge is -2.47. The number of H-pyrrole nitrogens is 1. The van der Waals surface area contributed by atoms with Gasteiger partial charge in [-0.2, -0.15) is 5.10 Å².